The summed E-state index contributed by atoms with van der Waals surface area (Å²) in [5.74, 6) is 1.26. The number of thioether (sulfide) groups is 1. The lowest BCUT2D eigenvalue weighted by atomic mass is 10.2. The molecule has 0 radical (unpaired) electrons. The molecule has 6 nitrogen and oxygen atoms in total. The number of aromatic nitrogens is 4. The quantitative estimate of drug-likeness (QED) is 0.244. The highest BCUT2D eigenvalue weighted by molar-refractivity contribution is 7.99. The first-order chi connectivity index (χ1) is 15.6. The number of carbonyl (C=O) groups excluding carboxylic acids is 1. The lowest BCUT2D eigenvalue weighted by Crippen LogP contribution is -2.10. The molecule has 4 aromatic rings. The van der Waals surface area contributed by atoms with Gasteiger partial charge in [-0.2, -0.15) is 0 Å². The summed E-state index contributed by atoms with van der Waals surface area (Å²) in [5.41, 5.74) is 3.80. The maximum absolute atomic E-state index is 13.1. The fourth-order valence-electron chi connectivity index (χ4n) is 3.73. The van der Waals surface area contributed by atoms with E-state index in [1.54, 1.807) is 18.4 Å². The summed E-state index contributed by atoms with van der Waals surface area (Å²) in [6, 6.07) is 16.2. The Kier molecular flexibility index (Phi) is 7.24. The van der Waals surface area contributed by atoms with Crippen LogP contribution in [-0.2, 0) is 17.7 Å². The number of hydrogen-bond donors (Lipinski definition) is 0. The molecule has 0 unspecified atom stereocenters. The maximum atomic E-state index is 13.1. The number of hydrogen-bond acceptors (Lipinski definition) is 6. The smallest absolute Gasteiger partial charge is 0.196 e. The molecule has 0 aliphatic heterocycles. The van der Waals surface area contributed by atoms with Crippen LogP contribution in [0.5, 0.6) is 0 Å². The average molecular weight is 467 g/mol. The molecule has 0 saturated carbocycles. The van der Waals surface area contributed by atoms with Crippen molar-refractivity contribution in [2.45, 2.75) is 32.0 Å². The van der Waals surface area contributed by atoms with Gasteiger partial charge in [-0.25, -0.2) is 0 Å². The average Bonchev–Trinajstić information content (AvgIpc) is 3.52. The molecule has 8 heteroatoms. The minimum atomic E-state index is 0.0918. The van der Waals surface area contributed by atoms with Gasteiger partial charge < -0.3 is 9.30 Å². The Balaban J connectivity index is 1.56. The molecule has 0 fully saturated rings. The van der Waals surface area contributed by atoms with Crippen LogP contribution in [0.2, 0.25) is 0 Å². The van der Waals surface area contributed by atoms with Crippen molar-refractivity contribution < 1.29 is 9.53 Å². The Hall–Kier alpha value is -2.68. The molecule has 32 heavy (non-hydrogen) atoms. The van der Waals surface area contributed by atoms with Gasteiger partial charge >= 0.3 is 0 Å². The van der Waals surface area contributed by atoms with Crippen molar-refractivity contribution in [3.8, 4) is 5.69 Å². The lowest BCUT2D eigenvalue weighted by molar-refractivity contribution is 0.102. The van der Waals surface area contributed by atoms with Crippen molar-refractivity contribution in [2.75, 3.05) is 19.5 Å². The van der Waals surface area contributed by atoms with Crippen LogP contribution in [0.3, 0.4) is 0 Å². The fourth-order valence-corrected chi connectivity index (χ4v) is 5.29. The maximum Gasteiger partial charge on any atom is 0.196 e. The molecule has 1 aromatic carbocycles. The molecule has 3 aromatic heterocycles. The van der Waals surface area contributed by atoms with Gasteiger partial charge in [-0.05, 0) is 43.5 Å². The third-order valence-corrected chi connectivity index (χ3v) is 7.16. The largest absolute Gasteiger partial charge is 0.383 e. The van der Waals surface area contributed by atoms with Crippen LogP contribution in [0, 0.1) is 13.8 Å². The Morgan fingerprint density at radius 1 is 1.12 bits per heavy atom. The number of carbonyl (C=O) groups is 1. The van der Waals surface area contributed by atoms with E-state index in [0.29, 0.717) is 18.8 Å². The van der Waals surface area contributed by atoms with E-state index >= 15 is 0 Å². The Labute approximate surface area is 196 Å². The van der Waals surface area contributed by atoms with Crippen LogP contribution in [0.15, 0.2) is 59.1 Å². The van der Waals surface area contributed by atoms with Crippen LogP contribution in [0.1, 0.15) is 32.4 Å². The molecule has 4 rings (SSSR count). The van der Waals surface area contributed by atoms with Crippen molar-refractivity contribution >= 4 is 28.9 Å². The monoisotopic (exact) mass is 466 g/mol. The van der Waals surface area contributed by atoms with Crippen molar-refractivity contribution in [3.05, 3.63) is 81.6 Å². The molecular weight excluding hydrogens is 440 g/mol. The summed E-state index contributed by atoms with van der Waals surface area (Å²) < 4.78 is 9.39. The number of ether oxygens (including phenoxy) is 1. The van der Waals surface area contributed by atoms with E-state index in [-0.39, 0.29) is 5.78 Å². The van der Waals surface area contributed by atoms with E-state index in [4.69, 9.17) is 4.74 Å². The van der Waals surface area contributed by atoms with E-state index in [9.17, 15) is 4.79 Å². The summed E-state index contributed by atoms with van der Waals surface area (Å²) in [5, 5.41) is 11.7. The van der Waals surface area contributed by atoms with Crippen molar-refractivity contribution in [1.82, 2.24) is 19.3 Å². The number of benzene rings is 1. The van der Waals surface area contributed by atoms with Crippen LogP contribution in [0.4, 0.5) is 0 Å². The third-order valence-electron chi connectivity index (χ3n) is 5.35. The van der Waals surface area contributed by atoms with Crippen LogP contribution in [-0.4, -0.2) is 44.6 Å². The van der Waals surface area contributed by atoms with Gasteiger partial charge in [-0.15, -0.1) is 21.5 Å². The summed E-state index contributed by atoms with van der Waals surface area (Å²) in [6.07, 6.45) is 0.703. The van der Waals surface area contributed by atoms with E-state index in [0.717, 1.165) is 40.2 Å². The minimum absolute atomic E-state index is 0.0918. The molecule has 0 aliphatic rings. The Bertz CT molecular complexity index is 1180. The summed E-state index contributed by atoms with van der Waals surface area (Å²) >= 11 is 3.13. The number of Topliss-reactive ketones (excluding diaryl/α,β-unsaturated/α-hetero) is 1. The minimum Gasteiger partial charge on any atom is -0.383 e. The first-order valence-corrected chi connectivity index (χ1v) is 12.3. The molecule has 166 valence electrons. The highest BCUT2D eigenvalue weighted by atomic mass is 32.2. The van der Waals surface area contributed by atoms with Crippen molar-refractivity contribution in [1.29, 1.82) is 0 Å². The standard InChI is InChI=1S/C24H26N4O2S2/c1-17-14-21(18(2)27(17)11-12-30-3)22(29)16-32-24-26-25-23(15-20-10-7-13-31-20)28(24)19-8-5-4-6-9-19/h4-10,13-14H,11-12,15-16H2,1-3H3. The zero-order valence-corrected chi connectivity index (χ0v) is 20.1. The molecule has 0 bridgehead atoms. The first-order valence-electron chi connectivity index (χ1n) is 10.4. The number of para-hydroxylation sites is 1. The van der Waals surface area contributed by atoms with Crippen LogP contribution >= 0.6 is 23.1 Å². The number of methoxy groups -OCH3 is 1. The molecule has 0 amide bonds. The molecule has 0 N–H and O–H groups in total. The molecule has 0 atom stereocenters. The Morgan fingerprint density at radius 3 is 2.66 bits per heavy atom. The van der Waals surface area contributed by atoms with Crippen molar-refractivity contribution in [3.63, 3.8) is 0 Å². The predicted molar refractivity (Wildman–Crippen MR) is 129 cm³/mol. The van der Waals surface area contributed by atoms with Gasteiger partial charge in [0.2, 0.25) is 0 Å². The van der Waals surface area contributed by atoms with Gasteiger partial charge in [0.1, 0.15) is 5.82 Å². The second-order valence-electron chi connectivity index (χ2n) is 7.47. The van der Waals surface area contributed by atoms with Crippen LogP contribution < -0.4 is 0 Å². The van der Waals surface area contributed by atoms with Crippen LogP contribution in [0.25, 0.3) is 5.69 Å². The highest BCUT2D eigenvalue weighted by Gasteiger charge is 2.19. The van der Waals surface area contributed by atoms with Gasteiger partial charge in [0.05, 0.1) is 12.4 Å². The zero-order chi connectivity index (χ0) is 22.5. The molecular formula is C24H26N4O2S2. The lowest BCUT2D eigenvalue weighted by Gasteiger charge is -2.10. The van der Waals surface area contributed by atoms with E-state index in [2.05, 4.69) is 30.8 Å². The number of ketones is 1. The Morgan fingerprint density at radius 2 is 1.94 bits per heavy atom. The summed E-state index contributed by atoms with van der Waals surface area (Å²) in [4.78, 5) is 14.3. The summed E-state index contributed by atoms with van der Waals surface area (Å²) in [6.45, 7) is 5.37. The first kappa shape index (κ1) is 22.5. The number of aryl methyl sites for hydroxylation is 1. The van der Waals surface area contributed by atoms with Gasteiger partial charge in [0.25, 0.3) is 0 Å². The van der Waals surface area contributed by atoms with Gasteiger partial charge in [0, 0.05) is 47.6 Å². The van der Waals surface area contributed by atoms with E-state index < -0.39 is 0 Å². The number of rotatable bonds is 10. The van der Waals surface area contributed by atoms with E-state index in [1.807, 2.05) is 56.3 Å². The highest BCUT2D eigenvalue weighted by Crippen LogP contribution is 2.26. The molecule has 0 spiro atoms. The fraction of sp³-hybridized carbons (Fsp3) is 0.292. The second kappa shape index (κ2) is 10.3. The van der Waals surface area contributed by atoms with E-state index in [1.165, 1.54) is 16.6 Å². The normalized spacial score (nSPS) is 11.2. The SMILES string of the molecule is COCCn1c(C)cc(C(=O)CSc2nnc(Cc3cccs3)n2-c2ccccc2)c1C. The summed E-state index contributed by atoms with van der Waals surface area (Å²) in [7, 11) is 1.69. The van der Waals surface area contributed by atoms with Gasteiger partial charge in [0.15, 0.2) is 10.9 Å². The number of thiophene rings is 1. The zero-order valence-electron chi connectivity index (χ0n) is 18.4. The molecule has 0 aliphatic carbocycles. The van der Waals surface area contributed by atoms with Gasteiger partial charge in [-0.1, -0.05) is 36.0 Å². The van der Waals surface area contributed by atoms with Crippen molar-refractivity contribution in [2.24, 2.45) is 0 Å². The molecule has 0 saturated heterocycles. The van der Waals surface area contributed by atoms with Gasteiger partial charge in [-0.3, -0.25) is 9.36 Å². The second-order valence-corrected chi connectivity index (χ2v) is 9.44. The molecule has 3 heterocycles. The number of nitrogens with zero attached hydrogens (tertiary/aromatic N) is 4. The third kappa shape index (κ3) is 4.87. The predicted octanol–water partition coefficient (Wildman–Crippen LogP) is 4.96. The topological polar surface area (TPSA) is 61.9 Å².